The molecule has 2 nitrogen and oxygen atoms in total. The highest BCUT2D eigenvalue weighted by molar-refractivity contribution is 7.98. The number of carbonyl (C=O) groups is 1. The van der Waals surface area contributed by atoms with Crippen molar-refractivity contribution in [3.63, 3.8) is 0 Å². The molecule has 0 aromatic heterocycles. The average Bonchev–Trinajstić information content (AvgIpc) is 2.54. The van der Waals surface area contributed by atoms with Crippen LogP contribution in [0.5, 0.6) is 0 Å². The Kier molecular flexibility index (Phi) is 5.71. The van der Waals surface area contributed by atoms with Crippen LogP contribution >= 0.6 is 23.4 Å². The van der Waals surface area contributed by atoms with Gasteiger partial charge in [0.2, 0.25) is 0 Å². The fourth-order valence-corrected chi connectivity index (χ4v) is 2.66. The van der Waals surface area contributed by atoms with Crippen molar-refractivity contribution >= 4 is 29.3 Å². The summed E-state index contributed by atoms with van der Waals surface area (Å²) in [5, 5.41) is 0. The van der Waals surface area contributed by atoms with Gasteiger partial charge in [0.1, 0.15) is 0 Å². The molecule has 2 aromatic rings. The molecule has 0 radical (unpaired) electrons. The Morgan fingerprint density at radius 2 is 1.86 bits per heavy atom. The van der Waals surface area contributed by atoms with Crippen LogP contribution in [-0.2, 0) is 12.4 Å². The second-order valence-electron chi connectivity index (χ2n) is 4.84. The highest BCUT2D eigenvalue weighted by atomic mass is 35.5. The molecule has 0 aliphatic carbocycles. The molecule has 0 heterocycles. The molecule has 0 unspecified atom stereocenters. The quantitative estimate of drug-likeness (QED) is 0.600. The molecule has 0 aliphatic heterocycles. The number of rotatable bonds is 5. The first-order valence-corrected chi connectivity index (χ1v) is 8.43. The second kappa shape index (κ2) is 7.53. The van der Waals surface area contributed by atoms with Gasteiger partial charge in [0.25, 0.3) is 5.91 Å². The Morgan fingerprint density at radius 3 is 2.48 bits per heavy atom. The highest BCUT2D eigenvalue weighted by Gasteiger charge is 2.12. The molecule has 2 rings (SSSR count). The molecule has 21 heavy (non-hydrogen) atoms. The summed E-state index contributed by atoms with van der Waals surface area (Å²) < 4.78 is 0. The Hall–Kier alpha value is -1.45. The molecular weight excluding hydrogens is 302 g/mol. The van der Waals surface area contributed by atoms with E-state index in [-0.39, 0.29) is 5.91 Å². The zero-order valence-corrected chi connectivity index (χ0v) is 13.7. The maximum absolute atomic E-state index is 12.4. The molecule has 1 amide bonds. The van der Waals surface area contributed by atoms with Gasteiger partial charge < -0.3 is 4.90 Å². The first kappa shape index (κ1) is 15.9. The van der Waals surface area contributed by atoms with Gasteiger partial charge in [-0.1, -0.05) is 24.3 Å². The molecule has 0 fully saturated rings. The Balaban J connectivity index is 2.07. The first-order valence-electron chi connectivity index (χ1n) is 6.67. The van der Waals surface area contributed by atoms with Crippen LogP contribution < -0.4 is 0 Å². The lowest BCUT2D eigenvalue weighted by molar-refractivity contribution is 0.0785. The molecule has 0 spiro atoms. The number of benzene rings is 2. The summed E-state index contributed by atoms with van der Waals surface area (Å²) in [5.74, 6) is 0.428. The number of hydrogen-bond acceptors (Lipinski definition) is 2. The van der Waals surface area contributed by atoms with E-state index in [0.717, 1.165) is 11.1 Å². The minimum Gasteiger partial charge on any atom is -0.337 e. The van der Waals surface area contributed by atoms with Crippen molar-refractivity contribution in [1.82, 2.24) is 4.90 Å². The smallest absolute Gasteiger partial charge is 0.253 e. The summed E-state index contributed by atoms with van der Waals surface area (Å²) in [6.07, 6.45) is 2.05. The van der Waals surface area contributed by atoms with Gasteiger partial charge >= 0.3 is 0 Å². The van der Waals surface area contributed by atoms with E-state index in [4.69, 9.17) is 11.6 Å². The molecule has 0 saturated heterocycles. The molecular formula is C17H18ClNOS. The fraction of sp³-hybridized carbons (Fsp3) is 0.235. The van der Waals surface area contributed by atoms with Gasteiger partial charge in [-0.25, -0.2) is 0 Å². The van der Waals surface area contributed by atoms with E-state index in [1.807, 2.05) is 31.3 Å². The molecule has 0 aliphatic rings. The van der Waals surface area contributed by atoms with Gasteiger partial charge in [0.05, 0.1) is 0 Å². The number of amides is 1. The molecule has 2 aromatic carbocycles. The summed E-state index contributed by atoms with van der Waals surface area (Å²) in [5.41, 5.74) is 2.76. The van der Waals surface area contributed by atoms with Crippen LogP contribution in [0.15, 0.2) is 53.4 Å². The van der Waals surface area contributed by atoms with E-state index in [9.17, 15) is 4.79 Å². The molecule has 0 N–H and O–H groups in total. The lowest BCUT2D eigenvalue weighted by Gasteiger charge is -2.18. The molecule has 110 valence electrons. The molecule has 0 bridgehead atoms. The van der Waals surface area contributed by atoms with Crippen LogP contribution in [0.3, 0.4) is 0 Å². The number of alkyl halides is 1. The summed E-state index contributed by atoms with van der Waals surface area (Å²) in [6.45, 7) is 0.596. The van der Waals surface area contributed by atoms with E-state index >= 15 is 0 Å². The third-order valence-electron chi connectivity index (χ3n) is 3.25. The maximum atomic E-state index is 12.4. The van der Waals surface area contributed by atoms with Crippen molar-refractivity contribution in [3.8, 4) is 0 Å². The molecule has 0 saturated carbocycles. The zero-order valence-electron chi connectivity index (χ0n) is 12.2. The maximum Gasteiger partial charge on any atom is 0.253 e. The van der Waals surface area contributed by atoms with Gasteiger partial charge in [0, 0.05) is 29.9 Å². The minimum atomic E-state index is 0.0101. The first-order chi connectivity index (χ1) is 10.1. The predicted molar refractivity (Wildman–Crippen MR) is 90.0 cm³/mol. The van der Waals surface area contributed by atoms with Gasteiger partial charge in [-0.05, 0) is 41.6 Å². The van der Waals surface area contributed by atoms with Crippen molar-refractivity contribution in [2.75, 3.05) is 13.3 Å². The third-order valence-corrected chi connectivity index (χ3v) is 4.31. The van der Waals surface area contributed by atoms with E-state index in [1.165, 1.54) is 4.90 Å². The Bertz CT molecular complexity index is 612. The predicted octanol–water partition coefficient (Wildman–Crippen LogP) is 4.42. The van der Waals surface area contributed by atoms with E-state index in [1.54, 1.807) is 16.7 Å². The topological polar surface area (TPSA) is 20.3 Å². The number of halogens is 1. The Labute approximate surface area is 135 Å². The standard InChI is InChI=1S/C17H18ClNOS/c1-19(12-13-6-8-16(21-2)9-7-13)17(20)15-5-3-4-14(10-15)11-18/h3-10H,11-12H2,1-2H3. The minimum absolute atomic E-state index is 0.0101. The van der Waals surface area contributed by atoms with Crippen LogP contribution in [0.2, 0.25) is 0 Å². The third kappa shape index (κ3) is 4.26. The Morgan fingerprint density at radius 1 is 1.14 bits per heavy atom. The number of hydrogen-bond donors (Lipinski definition) is 0. The molecule has 4 heteroatoms. The summed E-state index contributed by atoms with van der Waals surface area (Å²) in [4.78, 5) is 15.4. The van der Waals surface area contributed by atoms with Gasteiger partial charge in [-0.3, -0.25) is 4.79 Å². The molecule has 0 atom stereocenters. The van der Waals surface area contributed by atoms with Gasteiger partial charge in [-0.15, -0.1) is 23.4 Å². The fourth-order valence-electron chi connectivity index (χ4n) is 2.08. The van der Waals surface area contributed by atoms with E-state index in [0.29, 0.717) is 18.0 Å². The lowest BCUT2D eigenvalue weighted by Crippen LogP contribution is -2.26. The summed E-state index contributed by atoms with van der Waals surface area (Å²) in [7, 11) is 1.82. The van der Waals surface area contributed by atoms with Crippen molar-refractivity contribution in [3.05, 3.63) is 65.2 Å². The second-order valence-corrected chi connectivity index (χ2v) is 5.99. The van der Waals surface area contributed by atoms with Crippen LogP contribution in [-0.4, -0.2) is 24.1 Å². The van der Waals surface area contributed by atoms with Crippen LogP contribution in [0.25, 0.3) is 0 Å². The summed E-state index contributed by atoms with van der Waals surface area (Å²) in [6, 6.07) is 15.7. The number of thioether (sulfide) groups is 1. The number of nitrogens with zero attached hydrogens (tertiary/aromatic N) is 1. The highest BCUT2D eigenvalue weighted by Crippen LogP contribution is 2.16. The monoisotopic (exact) mass is 319 g/mol. The summed E-state index contributed by atoms with van der Waals surface area (Å²) >= 11 is 7.53. The zero-order chi connectivity index (χ0) is 15.2. The van der Waals surface area contributed by atoms with Crippen LogP contribution in [0.1, 0.15) is 21.5 Å². The SMILES string of the molecule is CSc1ccc(CN(C)C(=O)c2cccc(CCl)c2)cc1. The van der Waals surface area contributed by atoms with Gasteiger partial charge in [0.15, 0.2) is 0 Å². The largest absolute Gasteiger partial charge is 0.337 e. The van der Waals surface area contributed by atoms with Crippen molar-refractivity contribution < 1.29 is 4.79 Å². The lowest BCUT2D eigenvalue weighted by atomic mass is 10.1. The normalized spacial score (nSPS) is 10.4. The van der Waals surface area contributed by atoms with Crippen molar-refractivity contribution in [1.29, 1.82) is 0 Å². The van der Waals surface area contributed by atoms with E-state index < -0.39 is 0 Å². The average molecular weight is 320 g/mol. The van der Waals surface area contributed by atoms with E-state index in [2.05, 4.69) is 30.5 Å². The van der Waals surface area contributed by atoms with Crippen LogP contribution in [0, 0.1) is 0 Å². The van der Waals surface area contributed by atoms with Gasteiger partial charge in [-0.2, -0.15) is 0 Å². The van der Waals surface area contributed by atoms with Crippen molar-refractivity contribution in [2.45, 2.75) is 17.3 Å². The number of carbonyl (C=O) groups excluding carboxylic acids is 1. The van der Waals surface area contributed by atoms with Crippen molar-refractivity contribution in [2.24, 2.45) is 0 Å². The van der Waals surface area contributed by atoms with Crippen LogP contribution in [0.4, 0.5) is 0 Å².